The molecule has 8 heteroatoms. The SMILES string of the molecule is Cc1oc(-c2ccc(OC(C)C)cc2)nc1CSc1ncnc2nc[nH]c12. The van der Waals surface area contributed by atoms with E-state index < -0.39 is 0 Å². The van der Waals surface area contributed by atoms with Gasteiger partial charge in [0.05, 0.1) is 18.1 Å². The summed E-state index contributed by atoms with van der Waals surface area (Å²) in [7, 11) is 0. The zero-order valence-corrected chi connectivity index (χ0v) is 16.1. The number of rotatable bonds is 6. The Balaban J connectivity index is 1.50. The fourth-order valence-corrected chi connectivity index (χ4v) is 3.58. The Kier molecular flexibility index (Phi) is 4.81. The molecule has 0 unspecified atom stereocenters. The van der Waals surface area contributed by atoms with E-state index in [0.29, 0.717) is 17.3 Å². The zero-order chi connectivity index (χ0) is 18.8. The Bertz CT molecular complexity index is 1060. The summed E-state index contributed by atoms with van der Waals surface area (Å²) in [6, 6.07) is 7.77. The number of nitrogens with one attached hydrogen (secondary N) is 1. The molecule has 0 fully saturated rings. The van der Waals surface area contributed by atoms with Gasteiger partial charge >= 0.3 is 0 Å². The van der Waals surface area contributed by atoms with E-state index >= 15 is 0 Å². The van der Waals surface area contributed by atoms with Crippen LogP contribution in [0.2, 0.25) is 0 Å². The molecule has 4 rings (SSSR count). The van der Waals surface area contributed by atoms with E-state index in [0.717, 1.165) is 33.3 Å². The molecular formula is C19H19N5O2S. The maximum atomic E-state index is 5.86. The lowest BCUT2D eigenvalue weighted by Gasteiger charge is -2.09. The van der Waals surface area contributed by atoms with Crippen molar-refractivity contribution in [3.8, 4) is 17.2 Å². The second kappa shape index (κ2) is 7.40. The molecule has 0 aliphatic carbocycles. The summed E-state index contributed by atoms with van der Waals surface area (Å²) in [5.41, 5.74) is 3.31. The first-order chi connectivity index (χ1) is 13.1. The smallest absolute Gasteiger partial charge is 0.226 e. The van der Waals surface area contributed by atoms with E-state index in [1.807, 2.05) is 45.0 Å². The fourth-order valence-electron chi connectivity index (χ4n) is 2.62. The van der Waals surface area contributed by atoms with Gasteiger partial charge in [-0.05, 0) is 45.0 Å². The van der Waals surface area contributed by atoms with Gasteiger partial charge in [0.2, 0.25) is 5.89 Å². The summed E-state index contributed by atoms with van der Waals surface area (Å²) >= 11 is 1.57. The molecule has 0 saturated heterocycles. The summed E-state index contributed by atoms with van der Waals surface area (Å²) in [5.74, 6) is 2.89. The number of fused-ring (bicyclic) bond motifs is 1. The van der Waals surface area contributed by atoms with Gasteiger partial charge in [0, 0.05) is 11.3 Å². The highest BCUT2D eigenvalue weighted by Gasteiger charge is 2.14. The van der Waals surface area contributed by atoms with Gasteiger partial charge in [-0.1, -0.05) is 11.8 Å². The monoisotopic (exact) mass is 381 g/mol. The van der Waals surface area contributed by atoms with Crippen LogP contribution in [0.1, 0.15) is 25.3 Å². The van der Waals surface area contributed by atoms with Crippen LogP contribution in [-0.4, -0.2) is 31.0 Å². The van der Waals surface area contributed by atoms with Gasteiger partial charge in [0.25, 0.3) is 0 Å². The number of H-pyrrole nitrogens is 1. The highest BCUT2D eigenvalue weighted by atomic mass is 32.2. The standard InChI is InChI=1S/C19H19N5O2S/c1-11(2)25-14-6-4-13(5-7-14)18-24-15(12(3)26-18)8-27-19-16-17(21-9-20-16)22-10-23-19/h4-7,9-11H,8H2,1-3H3,(H,20,21,22,23). The van der Waals surface area contributed by atoms with Crippen LogP contribution in [0.4, 0.5) is 0 Å². The van der Waals surface area contributed by atoms with E-state index in [-0.39, 0.29) is 6.10 Å². The molecule has 0 amide bonds. The van der Waals surface area contributed by atoms with E-state index in [1.165, 1.54) is 6.33 Å². The van der Waals surface area contributed by atoms with Gasteiger partial charge in [0.15, 0.2) is 5.65 Å². The Morgan fingerprint density at radius 3 is 2.74 bits per heavy atom. The number of ether oxygens (including phenoxy) is 1. The summed E-state index contributed by atoms with van der Waals surface area (Å²) < 4.78 is 11.5. The summed E-state index contributed by atoms with van der Waals surface area (Å²) in [6.07, 6.45) is 3.29. The van der Waals surface area contributed by atoms with Gasteiger partial charge in [-0.3, -0.25) is 0 Å². The number of thioether (sulfide) groups is 1. The number of hydrogen-bond acceptors (Lipinski definition) is 7. The van der Waals surface area contributed by atoms with Crippen molar-refractivity contribution in [2.45, 2.75) is 37.7 Å². The summed E-state index contributed by atoms with van der Waals surface area (Å²) in [5, 5.41) is 0.844. The molecular weight excluding hydrogens is 362 g/mol. The van der Waals surface area contributed by atoms with Crippen LogP contribution in [0.15, 0.2) is 46.4 Å². The van der Waals surface area contributed by atoms with Crippen molar-refractivity contribution in [3.05, 3.63) is 48.4 Å². The number of hydrogen-bond donors (Lipinski definition) is 1. The highest BCUT2D eigenvalue weighted by molar-refractivity contribution is 7.98. The molecule has 0 radical (unpaired) electrons. The van der Waals surface area contributed by atoms with Crippen molar-refractivity contribution in [1.29, 1.82) is 0 Å². The minimum atomic E-state index is 0.145. The van der Waals surface area contributed by atoms with Crippen molar-refractivity contribution < 1.29 is 9.15 Å². The first kappa shape index (κ1) is 17.5. The van der Waals surface area contributed by atoms with Crippen molar-refractivity contribution in [3.63, 3.8) is 0 Å². The predicted molar refractivity (Wildman–Crippen MR) is 104 cm³/mol. The molecule has 3 aromatic heterocycles. The predicted octanol–water partition coefficient (Wildman–Crippen LogP) is 4.40. The molecule has 1 aromatic carbocycles. The number of oxazole rings is 1. The van der Waals surface area contributed by atoms with Crippen LogP contribution in [0.5, 0.6) is 5.75 Å². The number of benzene rings is 1. The molecule has 138 valence electrons. The number of aromatic amines is 1. The van der Waals surface area contributed by atoms with E-state index in [2.05, 4.69) is 24.9 Å². The van der Waals surface area contributed by atoms with Crippen molar-refractivity contribution in [1.82, 2.24) is 24.9 Å². The number of imidazole rings is 1. The fraction of sp³-hybridized carbons (Fsp3) is 0.263. The molecule has 1 N–H and O–H groups in total. The van der Waals surface area contributed by atoms with Gasteiger partial charge < -0.3 is 14.1 Å². The molecule has 0 aliphatic rings. The lowest BCUT2D eigenvalue weighted by atomic mass is 10.2. The van der Waals surface area contributed by atoms with E-state index in [9.17, 15) is 0 Å². The van der Waals surface area contributed by atoms with Crippen molar-refractivity contribution >= 4 is 22.9 Å². The van der Waals surface area contributed by atoms with Crippen molar-refractivity contribution in [2.75, 3.05) is 0 Å². The molecule has 0 spiro atoms. The van der Waals surface area contributed by atoms with Crippen LogP contribution in [0, 0.1) is 6.92 Å². The maximum Gasteiger partial charge on any atom is 0.226 e. The number of aryl methyl sites for hydroxylation is 1. The molecule has 7 nitrogen and oxygen atoms in total. The molecule has 0 aliphatic heterocycles. The topological polar surface area (TPSA) is 89.7 Å². The molecule has 0 bridgehead atoms. The molecule has 3 heterocycles. The quantitative estimate of drug-likeness (QED) is 0.391. The minimum absolute atomic E-state index is 0.145. The Labute approximate surface area is 160 Å². The zero-order valence-electron chi connectivity index (χ0n) is 15.3. The molecule has 0 atom stereocenters. The van der Waals surface area contributed by atoms with Crippen LogP contribution in [-0.2, 0) is 5.75 Å². The lowest BCUT2D eigenvalue weighted by molar-refractivity contribution is 0.242. The third kappa shape index (κ3) is 3.80. The first-order valence-electron chi connectivity index (χ1n) is 8.60. The Hall–Kier alpha value is -2.87. The average Bonchev–Trinajstić information content (AvgIpc) is 3.27. The van der Waals surface area contributed by atoms with Crippen LogP contribution in [0.25, 0.3) is 22.6 Å². The molecule has 27 heavy (non-hydrogen) atoms. The van der Waals surface area contributed by atoms with Crippen molar-refractivity contribution in [2.24, 2.45) is 0 Å². The summed E-state index contributed by atoms with van der Waals surface area (Å²) in [4.78, 5) is 20.4. The van der Waals surface area contributed by atoms with Crippen LogP contribution < -0.4 is 4.74 Å². The molecule has 0 saturated carbocycles. The first-order valence-corrected chi connectivity index (χ1v) is 9.59. The van der Waals surface area contributed by atoms with E-state index in [1.54, 1.807) is 18.1 Å². The third-order valence-corrected chi connectivity index (χ3v) is 4.90. The number of aromatic nitrogens is 5. The molecule has 4 aromatic rings. The Morgan fingerprint density at radius 2 is 1.96 bits per heavy atom. The largest absolute Gasteiger partial charge is 0.491 e. The maximum absolute atomic E-state index is 5.86. The normalized spacial score (nSPS) is 11.4. The van der Waals surface area contributed by atoms with Gasteiger partial charge in [0.1, 0.15) is 28.4 Å². The second-order valence-corrected chi connectivity index (χ2v) is 7.25. The number of nitrogens with zero attached hydrogens (tertiary/aromatic N) is 4. The Morgan fingerprint density at radius 1 is 1.15 bits per heavy atom. The van der Waals surface area contributed by atoms with Gasteiger partial charge in [-0.25, -0.2) is 19.9 Å². The van der Waals surface area contributed by atoms with Crippen LogP contribution >= 0.6 is 11.8 Å². The van der Waals surface area contributed by atoms with Gasteiger partial charge in [-0.2, -0.15) is 0 Å². The second-order valence-electron chi connectivity index (χ2n) is 6.28. The summed E-state index contributed by atoms with van der Waals surface area (Å²) in [6.45, 7) is 5.93. The lowest BCUT2D eigenvalue weighted by Crippen LogP contribution is -2.05. The van der Waals surface area contributed by atoms with Crippen LogP contribution in [0.3, 0.4) is 0 Å². The van der Waals surface area contributed by atoms with Gasteiger partial charge in [-0.15, -0.1) is 0 Å². The van der Waals surface area contributed by atoms with E-state index in [4.69, 9.17) is 9.15 Å². The minimum Gasteiger partial charge on any atom is -0.491 e. The average molecular weight is 381 g/mol. The highest BCUT2D eigenvalue weighted by Crippen LogP contribution is 2.29. The third-order valence-electron chi connectivity index (χ3n) is 3.90.